The summed E-state index contributed by atoms with van der Waals surface area (Å²) in [5.74, 6) is 0.863. The third kappa shape index (κ3) is 3.38. The molecule has 1 unspecified atom stereocenters. The molecule has 2 rings (SSSR count). The summed E-state index contributed by atoms with van der Waals surface area (Å²) in [4.78, 5) is 4.14. The zero-order valence-corrected chi connectivity index (χ0v) is 10.5. The number of aliphatic hydroxyl groups excluding tert-OH is 1. The molecule has 0 fully saturated rings. The number of hydrogen-bond acceptors (Lipinski definition) is 4. The van der Waals surface area contributed by atoms with Crippen molar-refractivity contribution in [2.45, 2.75) is 19.0 Å². The molecule has 0 amide bonds. The summed E-state index contributed by atoms with van der Waals surface area (Å²) in [6, 6.07) is 10.2. The van der Waals surface area contributed by atoms with E-state index in [0.29, 0.717) is 6.54 Å². The molecule has 5 nitrogen and oxygen atoms in total. The number of benzene rings is 1. The van der Waals surface area contributed by atoms with Crippen molar-refractivity contribution in [3.8, 4) is 0 Å². The third-order valence-electron chi connectivity index (χ3n) is 2.90. The van der Waals surface area contributed by atoms with Crippen LogP contribution in [0, 0.1) is 0 Å². The molecule has 1 aromatic heterocycles. The van der Waals surface area contributed by atoms with Gasteiger partial charge in [-0.1, -0.05) is 30.3 Å². The van der Waals surface area contributed by atoms with Gasteiger partial charge >= 0.3 is 0 Å². The minimum Gasteiger partial charge on any atom is -0.395 e. The van der Waals surface area contributed by atoms with Gasteiger partial charge in [-0.25, -0.2) is 4.98 Å². The second-order valence-corrected chi connectivity index (χ2v) is 4.25. The molecule has 0 radical (unpaired) electrons. The van der Waals surface area contributed by atoms with Gasteiger partial charge in [-0.3, -0.25) is 4.68 Å². The highest BCUT2D eigenvalue weighted by molar-refractivity contribution is 5.15. The summed E-state index contributed by atoms with van der Waals surface area (Å²) in [6.07, 6.45) is 2.33. The van der Waals surface area contributed by atoms with Gasteiger partial charge in [0.25, 0.3) is 0 Å². The Balaban J connectivity index is 1.88. The van der Waals surface area contributed by atoms with Gasteiger partial charge in [0.05, 0.1) is 13.2 Å². The highest BCUT2D eigenvalue weighted by atomic mass is 16.3. The standard InChI is InChI=1S/C13H18N4O/c1-17-13(15-10-16-17)8-14-12(9-18)7-11-5-3-2-4-6-11/h2-6,10,12,14,18H,7-9H2,1H3. The van der Waals surface area contributed by atoms with Crippen LogP contribution in [0.3, 0.4) is 0 Å². The quantitative estimate of drug-likeness (QED) is 0.779. The highest BCUT2D eigenvalue weighted by Crippen LogP contribution is 2.03. The van der Waals surface area contributed by atoms with Crippen molar-refractivity contribution in [3.05, 3.63) is 48.0 Å². The SMILES string of the molecule is Cn1ncnc1CNC(CO)Cc1ccccc1. The van der Waals surface area contributed by atoms with Crippen molar-refractivity contribution in [2.75, 3.05) is 6.61 Å². The lowest BCUT2D eigenvalue weighted by molar-refractivity contribution is 0.239. The van der Waals surface area contributed by atoms with Gasteiger partial charge in [0.15, 0.2) is 0 Å². The summed E-state index contributed by atoms with van der Waals surface area (Å²) in [5.41, 5.74) is 1.21. The van der Waals surface area contributed by atoms with Crippen LogP contribution in [-0.4, -0.2) is 32.5 Å². The van der Waals surface area contributed by atoms with Crippen LogP contribution in [0.4, 0.5) is 0 Å². The minimum atomic E-state index is 0.0316. The Morgan fingerprint density at radius 2 is 2.11 bits per heavy atom. The van der Waals surface area contributed by atoms with Crippen LogP contribution in [0.5, 0.6) is 0 Å². The lowest BCUT2D eigenvalue weighted by Gasteiger charge is -2.15. The van der Waals surface area contributed by atoms with E-state index in [9.17, 15) is 5.11 Å². The van der Waals surface area contributed by atoms with Crippen LogP contribution in [0.15, 0.2) is 36.7 Å². The molecule has 0 aliphatic carbocycles. The molecule has 96 valence electrons. The number of hydrogen-bond donors (Lipinski definition) is 2. The zero-order valence-electron chi connectivity index (χ0n) is 10.5. The maximum Gasteiger partial charge on any atom is 0.140 e. The largest absolute Gasteiger partial charge is 0.395 e. The Morgan fingerprint density at radius 3 is 2.72 bits per heavy atom. The summed E-state index contributed by atoms with van der Waals surface area (Å²) >= 11 is 0. The van der Waals surface area contributed by atoms with Gasteiger partial charge in [-0.2, -0.15) is 5.10 Å². The molecule has 2 N–H and O–H groups in total. The Bertz CT molecular complexity index is 469. The molecule has 18 heavy (non-hydrogen) atoms. The number of nitrogens with zero attached hydrogens (tertiary/aromatic N) is 3. The molecule has 5 heteroatoms. The van der Waals surface area contributed by atoms with Crippen LogP contribution in [-0.2, 0) is 20.0 Å². The second-order valence-electron chi connectivity index (χ2n) is 4.25. The monoisotopic (exact) mass is 246 g/mol. The normalized spacial score (nSPS) is 12.6. The fourth-order valence-corrected chi connectivity index (χ4v) is 1.82. The van der Waals surface area contributed by atoms with Crippen LogP contribution in [0.25, 0.3) is 0 Å². The molecule has 1 atom stereocenters. The third-order valence-corrected chi connectivity index (χ3v) is 2.90. The van der Waals surface area contributed by atoms with Gasteiger partial charge in [0, 0.05) is 13.1 Å². The van der Waals surface area contributed by atoms with E-state index in [1.807, 2.05) is 25.2 Å². The maximum absolute atomic E-state index is 9.38. The maximum atomic E-state index is 9.38. The summed E-state index contributed by atoms with van der Waals surface area (Å²) in [6.45, 7) is 0.710. The molecule has 1 heterocycles. The van der Waals surface area contributed by atoms with Crippen LogP contribution < -0.4 is 5.32 Å². The first-order chi connectivity index (χ1) is 8.79. The first kappa shape index (κ1) is 12.7. The van der Waals surface area contributed by atoms with Crippen molar-refractivity contribution in [2.24, 2.45) is 7.05 Å². The molecule has 0 saturated heterocycles. The van der Waals surface area contributed by atoms with Gasteiger partial charge < -0.3 is 10.4 Å². The average molecular weight is 246 g/mol. The van der Waals surface area contributed by atoms with E-state index in [1.54, 1.807) is 4.68 Å². The Kier molecular flexibility index (Phi) is 4.44. The average Bonchev–Trinajstić information content (AvgIpc) is 2.81. The Hall–Kier alpha value is -1.72. The van der Waals surface area contributed by atoms with Crippen molar-refractivity contribution in [3.63, 3.8) is 0 Å². The zero-order chi connectivity index (χ0) is 12.8. The van der Waals surface area contributed by atoms with E-state index >= 15 is 0 Å². The molecule has 2 aromatic rings. The number of rotatable bonds is 6. The molecule has 1 aromatic carbocycles. The number of aliphatic hydroxyl groups is 1. The first-order valence-electron chi connectivity index (χ1n) is 6.00. The van der Waals surface area contributed by atoms with Crippen molar-refractivity contribution in [1.29, 1.82) is 0 Å². The van der Waals surface area contributed by atoms with E-state index in [2.05, 4.69) is 27.5 Å². The fraction of sp³-hybridized carbons (Fsp3) is 0.385. The van der Waals surface area contributed by atoms with Gasteiger partial charge in [-0.15, -0.1) is 0 Å². The first-order valence-corrected chi connectivity index (χ1v) is 6.00. The number of aromatic nitrogens is 3. The molecule has 0 saturated carbocycles. The molecule has 0 spiro atoms. The van der Waals surface area contributed by atoms with Gasteiger partial charge in [-0.05, 0) is 12.0 Å². The summed E-state index contributed by atoms with van der Waals surface area (Å²) in [7, 11) is 1.86. The van der Waals surface area contributed by atoms with Crippen LogP contribution >= 0.6 is 0 Å². The predicted molar refractivity (Wildman–Crippen MR) is 68.9 cm³/mol. The lowest BCUT2D eigenvalue weighted by atomic mass is 10.1. The Labute approximate surface area is 106 Å². The number of nitrogens with one attached hydrogen (secondary N) is 1. The summed E-state index contributed by atoms with van der Waals surface area (Å²) < 4.78 is 1.73. The van der Waals surface area contributed by atoms with Gasteiger partial charge in [0.1, 0.15) is 12.2 Å². The molecule has 0 aliphatic rings. The minimum absolute atomic E-state index is 0.0316. The molecular formula is C13H18N4O. The van der Waals surface area contributed by atoms with E-state index in [0.717, 1.165) is 12.2 Å². The fourth-order valence-electron chi connectivity index (χ4n) is 1.82. The molecule has 0 bridgehead atoms. The second kappa shape index (κ2) is 6.28. The number of aryl methyl sites for hydroxylation is 1. The van der Waals surface area contributed by atoms with Crippen LogP contribution in [0.1, 0.15) is 11.4 Å². The predicted octanol–water partition coefficient (Wildman–Crippen LogP) is 0.508. The molecular weight excluding hydrogens is 228 g/mol. The lowest BCUT2D eigenvalue weighted by Crippen LogP contribution is -2.34. The van der Waals surface area contributed by atoms with Crippen molar-refractivity contribution < 1.29 is 5.11 Å². The van der Waals surface area contributed by atoms with E-state index in [-0.39, 0.29) is 12.6 Å². The topological polar surface area (TPSA) is 63.0 Å². The van der Waals surface area contributed by atoms with Crippen molar-refractivity contribution >= 4 is 0 Å². The van der Waals surface area contributed by atoms with Gasteiger partial charge in [0.2, 0.25) is 0 Å². The van der Waals surface area contributed by atoms with E-state index in [1.165, 1.54) is 11.9 Å². The Morgan fingerprint density at radius 1 is 1.33 bits per heavy atom. The van der Waals surface area contributed by atoms with Crippen molar-refractivity contribution in [1.82, 2.24) is 20.1 Å². The van der Waals surface area contributed by atoms with E-state index in [4.69, 9.17) is 0 Å². The summed E-state index contributed by atoms with van der Waals surface area (Å²) in [5, 5.41) is 16.7. The molecule has 0 aliphatic heterocycles. The van der Waals surface area contributed by atoms with E-state index < -0.39 is 0 Å². The van der Waals surface area contributed by atoms with Crippen LogP contribution in [0.2, 0.25) is 0 Å². The highest BCUT2D eigenvalue weighted by Gasteiger charge is 2.09. The smallest absolute Gasteiger partial charge is 0.140 e.